The van der Waals surface area contributed by atoms with Gasteiger partial charge in [0.2, 0.25) is 0 Å². The van der Waals surface area contributed by atoms with Gasteiger partial charge in [-0.1, -0.05) is 42.5 Å². The molecule has 1 aromatic heterocycles. The van der Waals surface area contributed by atoms with Crippen LogP contribution in [0.5, 0.6) is 0 Å². The zero-order valence-corrected chi connectivity index (χ0v) is 11.9. The van der Waals surface area contributed by atoms with E-state index in [2.05, 4.69) is 59.4 Å². The topological polar surface area (TPSA) is 16.1 Å². The molecule has 0 saturated carbocycles. The number of likely N-dealkylation sites (tertiary alicyclic amines) is 1. The second kappa shape index (κ2) is 6.02. The van der Waals surface area contributed by atoms with E-state index in [-0.39, 0.29) is 0 Å². The van der Waals surface area contributed by atoms with Crippen molar-refractivity contribution in [2.75, 3.05) is 13.6 Å². The molecule has 1 aliphatic rings. The summed E-state index contributed by atoms with van der Waals surface area (Å²) in [4.78, 5) is 6.77. The van der Waals surface area contributed by atoms with Crippen molar-refractivity contribution in [3.63, 3.8) is 0 Å². The van der Waals surface area contributed by atoms with Gasteiger partial charge in [0, 0.05) is 24.0 Å². The minimum Gasteiger partial charge on any atom is -0.300 e. The van der Waals surface area contributed by atoms with Crippen molar-refractivity contribution < 1.29 is 0 Å². The summed E-state index contributed by atoms with van der Waals surface area (Å²) in [7, 11) is 2.20. The molecule has 0 radical (unpaired) electrons. The number of nitrogens with zero attached hydrogens (tertiary/aromatic N) is 2. The molecular weight excluding hydrogens is 244 g/mol. The fourth-order valence-corrected chi connectivity index (χ4v) is 2.74. The smallest absolute Gasteiger partial charge is 0.0346 e. The van der Waals surface area contributed by atoms with Gasteiger partial charge < -0.3 is 0 Å². The number of aromatic nitrogens is 1. The van der Waals surface area contributed by atoms with Gasteiger partial charge in [0.25, 0.3) is 0 Å². The second-order valence-corrected chi connectivity index (χ2v) is 5.42. The van der Waals surface area contributed by atoms with Crippen molar-refractivity contribution in [1.82, 2.24) is 9.88 Å². The molecule has 1 unspecified atom stereocenters. The van der Waals surface area contributed by atoms with Gasteiger partial charge in [-0.2, -0.15) is 0 Å². The predicted octanol–water partition coefficient (Wildman–Crippen LogP) is 3.86. The van der Waals surface area contributed by atoms with Crippen molar-refractivity contribution in [2.24, 2.45) is 0 Å². The first-order chi connectivity index (χ1) is 9.83. The zero-order valence-electron chi connectivity index (χ0n) is 11.9. The van der Waals surface area contributed by atoms with Crippen LogP contribution < -0.4 is 0 Å². The molecule has 3 rings (SSSR count). The van der Waals surface area contributed by atoms with E-state index < -0.39 is 0 Å². The molecule has 1 atom stereocenters. The van der Waals surface area contributed by atoms with E-state index >= 15 is 0 Å². The summed E-state index contributed by atoms with van der Waals surface area (Å²) in [5.41, 5.74) is 3.56. The summed E-state index contributed by atoms with van der Waals surface area (Å²) in [6.07, 6.45) is 10.9. The quantitative estimate of drug-likeness (QED) is 0.837. The Morgan fingerprint density at radius 1 is 1.15 bits per heavy atom. The zero-order chi connectivity index (χ0) is 13.8. The number of hydrogen-bond donors (Lipinski definition) is 0. The van der Waals surface area contributed by atoms with Gasteiger partial charge in [-0.3, -0.25) is 9.88 Å². The van der Waals surface area contributed by atoms with Crippen molar-refractivity contribution in [1.29, 1.82) is 0 Å². The summed E-state index contributed by atoms with van der Waals surface area (Å²) in [5.74, 6) is 0. The highest BCUT2D eigenvalue weighted by atomic mass is 15.1. The van der Waals surface area contributed by atoms with Crippen LogP contribution in [0.2, 0.25) is 0 Å². The normalized spacial score (nSPS) is 19.8. The Balaban J connectivity index is 1.79. The number of pyridine rings is 1. The fourth-order valence-electron chi connectivity index (χ4n) is 2.74. The largest absolute Gasteiger partial charge is 0.300 e. The number of benzene rings is 1. The maximum absolute atomic E-state index is 4.36. The van der Waals surface area contributed by atoms with E-state index in [0.29, 0.717) is 6.04 Å². The van der Waals surface area contributed by atoms with Crippen molar-refractivity contribution in [3.05, 3.63) is 60.4 Å². The lowest BCUT2D eigenvalue weighted by atomic mass is 10.1. The number of rotatable bonds is 3. The maximum Gasteiger partial charge on any atom is 0.0346 e. The van der Waals surface area contributed by atoms with Crippen molar-refractivity contribution >= 4 is 6.08 Å². The molecule has 1 aromatic carbocycles. The van der Waals surface area contributed by atoms with Gasteiger partial charge in [-0.15, -0.1) is 0 Å². The van der Waals surface area contributed by atoms with E-state index in [1.807, 2.05) is 18.5 Å². The SMILES string of the molecule is CN1CCCC1C=Cc1cncc(-c2ccccc2)c1. The lowest BCUT2D eigenvalue weighted by molar-refractivity contribution is 0.358. The highest BCUT2D eigenvalue weighted by molar-refractivity contribution is 5.66. The molecule has 2 heteroatoms. The van der Waals surface area contributed by atoms with Crippen LogP contribution >= 0.6 is 0 Å². The minimum absolute atomic E-state index is 0.579. The van der Waals surface area contributed by atoms with E-state index in [0.717, 1.165) is 0 Å². The standard InChI is InChI=1S/C18H20N2/c1-20-11-5-8-18(20)10-9-15-12-17(14-19-13-15)16-6-3-2-4-7-16/h2-4,6-7,9-10,12-14,18H,5,8,11H2,1H3. The van der Waals surface area contributed by atoms with E-state index in [1.165, 1.54) is 36.1 Å². The van der Waals surface area contributed by atoms with Gasteiger partial charge in [0.1, 0.15) is 0 Å². The molecule has 20 heavy (non-hydrogen) atoms. The summed E-state index contributed by atoms with van der Waals surface area (Å²) in [6.45, 7) is 1.21. The highest BCUT2D eigenvalue weighted by Gasteiger charge is 2.17. The Kier molecular flexibility index (Phi) is 3.93. The average Bonchev–Trinajstić information content (AvgIpc) is 2.92. The van der Waals surface area contributed by atoms with Gasteiger partial charge in [0.15, 0.2) is 0 Å². The molecule has 0 bridgehead atoms. The van der Waals surface area contributed by atoms with Crippen molar-refractivity contribution in [3.8, 4) is 11.1 Å². The van der Waals surface area contributed by atoms with Gasteiger partial charge in [-0.05, 0) is 43.6 Å². The Bertz CT molecular complexity index is 589. The van der Waals surface area contributed by atoms with Crippen LogP contribution in [-0.4, -0.2) is 29.5 Å². The minimum atomic E-state index is 0.579. The number of hydrogen-bond acceptors (Lipinski definition) is 2. The average molecular weight is 264 g/mol. The van der Waals surface area contributed by atoms with Gasteiger partial charge >= 0.3 is 0 Å². The molecule has 0 amide bonds. The Morgan fingerprint density at radius 2 is 2.00 bits per heavy atom. The van der Waals surface area contributed by atoms with Crippen LogP contribution in [-0.2, 0) is 0 Å². The monoisotopic (exact) mass is 264 g/mol. The molecule has 2 nitrogen and oxygen atoms in total. The molecule has 1 fully saturated rings. The van der Waals surface area contributed by atoms with Crippen LogP contribution in [0.3, 0.4) is 0 Å². The summed E-state index contributed by atoms with van der Waals surface area (Å²) in [6, 6.07) is 13.2. The van der Waals surface area contributed by atoms with Gasteiger partial charge in [0.05, 0.1) is 0 Å². The van der Waals surface area contributed by atoms with Crippen LogP contribution in [0, 0.1) is 0 Å². The molecule has 1 aliphatic heterocycles. The third-order valence-electron chi connectivity index (χ3n) is 3.95. The Hall–Kier alpha value is -1.93. The molecule has 0 spiro atoms. The predicted molar refractivity (Wildman–Crippen MR) is 84.4 cm³/mol. The van der Waals surface area contributed by atoms with Crippen LogP contribution in [0.25, 0.3) is 17.2 Å². The second-order valence-electron chi connectivity index (χ2n) is 5.42. The van der Waals surface area contributed by atoms with E-state index in [4.69, 9.17) is 0 Å². The molecule has 2 aromatic rings. The van der Waals surface area contributed by atoms with Crippen LogP contribution in [0.15, 0.2) is 54.9 Å². The Labute approximate surface area is 120 Å². The molecular formula is C18H20N2. The summed E-state index contributed by atoms with van der Waals surface area (Å²) >= 11 is 0. The highest BCUT2D eigenvalue weighted by Crippen LogP contribution is 2.21. The molecule has 2 heterocycles. The van der Waals surface area contributed by atoms with Crippen LogP contribution in [0.4, 0.5) is 0 Å². The maximum atomic E-state index is 4.36. The fraction of sp³-hybridized carbons (Fsp3) is 0.278. The van der Waals surface area contributed by atoms with Gasteiger partial charge in [-0.25, -0.2) is 0 Å². The molecule has 1 saturated heterocycles. The van der Waals surface area contributed by atoms with E-state index in [1.54, 1.807) is 0 Å². The summed E-state index contributed by atoms with van der Waals surface area (Å²) in [5, 5.41) is 0. The lowest BCUT2D eigenvalue weighted by Crippen LogP contribution is -2.22. The molecule has 0 aliphatic carbocycles. The number of likely N-dealkylation sites (N-methyl/N-ethyl adjacent to an activating group) is 1. The first kappa shape index (κ1) is 13.1. The summed E-state index contributed by atoms with van der Waals surface area (Å²) < 4.78 is 0. The van der Waals surface area contributed by atoms with Crippen LogP contribution in [0.1, 0.15) is 18.4 Å². The lowest BCUT2D eigenvalue weighted by Gasteiger charge is -2.14. The first-order valence-corrected chi connectivity index (χ1v) is 7.22. The molecule has 0 N–H and O–H groups in total. The first-order valence-electron chi connectivity index (χ1n) is 7.22. The third-order valence-corrected chi connectivity index (χ3v) is 3.95. The Morgan fingerprint density at radius 3 is 2.75 bits per heavy atom. The third kappa shape index (κ3) is 2.97. The molecule has 102 valence electrons. The van der Waals surface area contributed by atoms with Crippen molar-refractivity contribution in [2.45, 2.75) is 18.9 Å². The van der Waals surface area contributed by atoms with E-state index in [9.17, 15) is 0 Å².